The molecule has 7 heteroatoms. The van der Waals surface area contributed by atoms with Crippen LogP contribution in [0, 0.1) is 11.3 Å². The van der Waals surface area contributed by atoms with E-state index in [4.69, 9.17) is 5.26 Å². The van der Waals surface area contributed by atoms with Gasteiger partial charge in [-0.05, 0) is 24.6 Å². The molecule has 0 spiro atoms. The molecule has 1 aliphatic rings. The minimum atomic E-state index is -0.443. The number of nitrogens with zero attached hydrogens (tertiary/aromatic N) is 3. The average molecular weight is 329 g/mol. The maximum Gasteiger partial charge on any atom is 0.321 e. The van der Waals surface area contributed by atoms with Crippen molar-refractivity contribution in [3.05, 3.63) is 35.4 Å². The lowest BCUT2D eigenvalue weighted by atomic mass is 10.1. The molecular formula is C17H23N5O2. The van der Waals surface area contributed by atoms with E-state index < -0.39 is 6.03 Å². The van der Waals surface area contributed by atoms with Gasteiger partial charge in [0.1, 0.15) is 0 Å². The molecule has 0 aliphatic carbocycles. The second kappa shape index (κ2) is 9.01. The quantitative estimate of drug-likeness (QED) is 0.822. The number of carbonyl (C=O) groups is 2. The molecule has 0 aromatic heterocycles. The molecule has 0 atom stereocenters. The molecule has 3 amide bonds. The van der Waals surface area contributed by atoms with Crippen LogP contribution in [0.1, 0.15) is 18.1 Å². The molecule has 7 nitrogen and oxygen atoms in total. The van der Waals surface area contributed by atoms with Crippen molar-refractivity contribution >= 4 is 11.9 Å². The molecule has 0 radical (unpaired) electrons. The van der Waals surface area contributed by atoms with E-state index >= 15 is 0 Å². The maximum atomic E-state index is 11.8. The first-order valence-corrected chi connectivity index (χ1v) is 8.12. The largest absolute Gasteiger partial charge is 0.338 e. The lowest BCUT2D eigenvalue weighted by Gasteiger charge is -2.34. The Labute approximate surface area is 142 Å². The van der Waals surface area contributed by atoms with E-state index in [0.29, 0.717) is 12.1 Å². The van der Waals surface area contributed by atoms with E-state index in [1.54, 1.807) is 6.92 Å². The molecule has 1 heterocycles. The van der Waals surface area contributed by atoms with Gasteiger partial charge < -0.3 is 5.32 Å². The monoisotopic (exact) mass is 329 g/mol. The highest BCUT2D eigenvalue weighted by Crippen LogP contribution is 2.09. The number of hydrogen-bond acceptors (Lipinski definition) is 5. The number of nitriles is 1. The number of urea groups is 1. The third kappa shape index (κ3) is 5.65. The minimum Gasteiger partial charge on any atom is -0.338 e. The summed E-state index contributed by atoms with van der Waals surface area (Å²) in [4.78, 5) is 27.4. The van der Waals surface area contributed by atoms with Crippen LogP contribution in [0.2, 0.25) is 0 Å². The van der Waals surface area contributed by atoms with Crippen molar-refractivity contribution in [2.75, 3.05) is 39.3 Å². The summed E-state index contributed by atoms with van der Waals surface area (Å²) in [5, 5.41) is 13.7. The molecule has 128 valence electrons. The van der Waals surface area contributed by atoms with Gasteiger partial charge in [0.2, 0.25) is 5.91 Å². The Hall–Kier alpha value is -2.43. The molecular weight excluding hydrogens is 306 g/mol. The summed E-state index contributed by atoms with van der Waals surface area (Å²) < 4.78 is 0. The van der Waals surface area contributed by atoms with Crippen molar-refractivity contribution in [3.8, 4) is 6.07 Å². The van der Waals surface area contributed by atoms with Crippen molar-refractivity contribution < 1.29 is 9.59 Å². The van der Waals surface area contributed by atoms with E-state index in [2.05, 4.69) is 21.6 Å². The van der Waals surface area contributed by atoms with Crippen LogP contribution in [-0.2, 0) is 11.3 Å². The summed E-state index contributed by atoms with van der Waals surface area (Å²) in [6.45, 7) is 6.69. The number of hydrogen-bond donors (Lipinski definition) is 2. The first-order valence-electron chi connectivity index (χ1n) is 8.12. The van der Waals surface area contributed by atoms with Crippen molar-refractivity contribution in [1.82, 2.24) is 20.4 Å². The molecule has 2 rings (SSSR count). The van der Waals surface area contributed by atoms with Crippen molar-refractivity contribution in [1.29, 1.82) is 5.26 Å². The summed E-state index contributed by atoms with van der Waals surface area (Å²) in [7, 11) is 0. The Morgan fingerprint density at radius 1 is 1.12 bits per heavy atom. The number of rotatable bonds is 5. The van der Waals surface area contributed by atoms with E-state index in [0.717, 1.165) is 32.7 Å². The van der Waals surface area contributed by atoms with Crippen molar-refractivity contribution in [3.63, 3.8) is 0 Å². The highest BCUT2D eigenvalue weighted by molar-refractivity contribution is 5.95. The van der Waals surface area contributed by atoms with E-state index in [1.165, 1.54) is 5.56 Å². The standard InChI is InChI=1S/C17H23N5O2/c1-2-19-17(24)20-16(23)13-22-9-7-21(8-10-22)12-15-5-3-14(11-18)4-6-15/h3-6H,2,7-10,12-13H2,1H3,(H2,19,20,23,24). The highest BCUT2D eigenvalue weighted by atomic mass is 16.2. The smallest absolute Gasteiger partial charge is 0.321 e. The fraction of sp³-hybridized carbons (Fsp3) is 0.471. The zero-order valence-corrected chi connectivity index (χ0v) is 13.9. The Kier molecular flexibility index (Phi) is 6.73. The van der Waals surface area contributed by atoms with Gasteiger partial charge in [0.25, 0.3) is 0 Å². The van der Waals surface area contributed by atoms with Gasteiger partial charge >= 0.3 is 6.03 Å². The van der Waals surface area contributed by atoms with Crippen molar-refractivity contribution in [2.24, 2.45) is 0 Å². The summed E-state index contributed by atoms with van der Waals surface area (Å²) in [5.41, 5.74) is 1.85. The highest BCUT2D eigenvalue weighted by Gasteiger charge is 2.19. The fourth-order valence-electron chi connectivity index (χ4n) is 2.62. The molecule has 0 saturated carbocycles. The van der Waals surface area contributed by atoms with Gasteiger partial charge in [-0.25, -0.2) is 4.79 Å². The van der Waals surface area contributed by atoms with Gasteiger partial charge in [-0.3, -0.25) is 19.9 Å². The third-order valence-electron chi connectivity index (χ3n) is 3.91. The molecule has 1 saturated heterocycles. The normalized spacial score (nSPS) is 15.5. The van der Waals surface area contributed by atoms with Crippen LogP contribution >= 0.6 is 0 Å². The predicted octanol–water partition coefficient (Wildman–Crippen LogP) is 0.522. The molecule has 1 aromatic carbocycles. The first kappa shape index (κ1) is 17.9. The Balaban J connectivity index is 1.72. The van der Waals surface area contributed by atoms with Crippen LogP contribution in [0.4, 0.5) is 4.79 Å². The number of carbonyl (C=O) groups excluding carboxylic acids is 2. The topological polar surface area (TPSA) is 88.5 Å². The molecule has 0 unspecified atom stereocenters. The van der Waals surface area contributed by atoms with Crippen LogP contribution in [0.25, 0.3) is 0 Å². The third-order valence-corrected chi connectivity index (χ3v) is 3.91. The van der Waals surface area contributed by atoms with Crippen LogP contribution in [-0.4, -0.2) is 61.0 Å². The van der Waals surface area contributed by atoms with Gasteiger partial charge in [0, 0.05) is 39.3 Å². The summed E-state index contributed by atoms with van der Waals surface area (Å²) in [5.74, 6) is -0.276. The predicted molar refractivity (Wildman–Crippen MR) is 90.1 cm³/mol. The minimum absolute atomic E-state index is 0.238. The van der Waals surface area contributed by atoms with Gasteiger partial charge in [-0.1, -0.05) is 12.1 Å². The zero-order valence-electron chi connectivity index (χ0n) is 13.9. The Morgan fingerprint density at radius 2 is 1.75 bits per heavy atom. The summed E-state index contributed by atoms with van der Waals surface area (Å²) in [6, 6.07) is 9.29. The number of amides is 3. The first-order chi connectivity index (χ1) is 11.6. The summed E-state index contributed by atoms with van der Waals surface area (Å²) >= 11 is 0. The molecule has 2 N–H and O–H groups in total. The average Bonchev–Trinajstić information content (AvgIpc) is 2.57. The van der Waals surface area contributed by atoms with Crippen LogP contribution in [0.3, 0.4) is 0 Å². The van der Waals surface area contributed by atoms with Gasteiger partial charge in [0.15, 0.2) is 0 Å². The maximum absolute atomic E-state index is 11.8. The van der Waals surface area contributed by atoms with Crippen LogP contribution in [0.15, 0.2) is 24.3 Å². The SMILES string of the molecule is CCNC(=O)NC(=O)CN1CCN(Cc2ccc(C#N)cc2)CC1. The van der Waals surface area contributed by atoms with E-state index in [9.17, 15) is 9.59 Å². The van der Waals surface area contributed by atoms with E-state index in [1.807, 2.05) is 29.2 Å². The van der Waals surface area contributed by atoms with Crippen LogP contribution < -0.4 is 10.6 Å². The lowest BCUT2D eigenvalue weighted by molar-refractivity contribution is -0.121. The number of imide groups is 1. The van der Waals surface area contributed by atoms with Gasteiger partial charge in [0.05, 0.1) is 18.2 Å². The lowest BCUT2D eigenvalue weighted by Crippen LogP contribution is -2.50. The zero-order chi connectivity index (χ0) is 17.4. The Bertz CT molecular complexity index is 600. The number of piperazine rings is 1. The molecule has 0 bridgehead atoms. The number of benzene rings is 1. The molecule has 1 fully saturated rings. The number of nitrogens with one attached hydrogen (secondary N) is 2. The molecule has 24 heavy (non-hydrogen) atoms. The van der Waals surface area contributed by atoms with Gasteiger partial charge in [-0.2, -0.15) is 5.26 Å². The molecule has 1 aliphatic heterocycles. The van der Waals surface area contributed by atoms with Crippen LogP contribution in [0.5, 0.6) is 0 Å². The van der Waals surface area contributed by atoms with E-state index in [-0.39, 0.29) is 12.5 Å². The fourth-order valence-corrected chi connectivity index (χ4v) is 2.62. The van der Waals surface area contributed by atoms with Gasteiger partial charge in [-0.15, -0.1) is 0 Å². The summed E-state index contributed by atoms with van der Waals surface area (Å²) in [6.07, 6.45) is 0. The molecule has 1 aromatic rings. The Morgan fingerprint density at radius 3 is 2.33 bits per heavy atom. The van der Waals surface area contributed by atoms with Crippen molar-refractivity contribution in [2.45, 2.75) is 13.5 Å². The second-order valence-electron chi connectivity index (χ2n) is 5.77. The second-order valence-corrected chi connectivity index (χ2v) is 5.77.